The molecule has 1 amide bonds. The van der Waals surface area contributed by atoms with Gasteiger partial charge in [-0.05, 0) is 22.3 Å². The van der Waals surface area contributed by atoms with Crippen molar-refractivity contribution >= 4 is 6.09 Å². The fourth-order valence-corrected chi connectivity index (χ4v) is 3.47. The molecule has 1 heterocycles. The highest BCUT2D eigenvalue weighted by Gasteiger charge is 2.31. The Balaban J connectivity index is 1.47. The van der Waals surface area contributed by atoms with Gasteiger partial charge in [-0.2, -0.15) is 0 Å². The minimum absolute atomic E-state index is 0.0351. The number of carbonyl (C=O) groups excluding carboxylic acids is 1. The summed E-state index contributed by atoms with van der Waals surface area (Å²) in [4.78, 5) is 12.0. The molecule has 2 N–H and O–H groups in total. The molecular weight excluding hydrogens is 306 g/mol. The van der Waals surface area contributed by atoms with Gasteiger partial charge in [-0.3, -0.25) is 0 Å². The van der Waals surface area contributed by atoms with Crippen molar-refractivity contribution in [1.29, 1.82) is 0 Å². The van der Waals surface area contributed by atoms with Gasteiger partial charge in [0.1, 0.15) is 6.61 Å². The number of ether oxygens (including phenoxy) is 2. The average molecular weight is 325 g/mol. The second kappa shape index (κ2) is 6.26. The molecule has 0 bridgehead atoms. The molecule has 2 atom stereocenters. The lowest BCUT2D eigenvalue weighted by molar-refractivity contribution is 0.113. The predicted molar refractivity (Wildman–Crippen MR) is 88.8 cm³/mol. The van der Waals surface area contributed by atoms with Crippen LogP contribution in [-0.2, 0) is 9.47 Å². The molecule has 2 aromatic rings. The molecule has 0 radical (unpaired) electrons. The molecule has 1 saturated heterocycles. The van der Waals surface area contributed by atoms with E-state index in [0.717, 1.165) is 0 Å². The molecule has 0 aromatic heterocycles. The van der Waals surface area contributed by atoms with E-state index in [4.69, 9.17) is 9.47 Å². The Kier molecular flexibility index (Phi) is 3.96. The first-order chi connectivity index (χ1) is 11.7. The molecule has 24 heavy (non-hydrogen) atoms. The summed E-state index contributed by atoms with van der Waals surface area (Å²) in [5, 5.41) is 12.3. The number of aliphatic hydroxyl groups excluding tert-OH is 1. The second-order valence-corrected chi connectivity index (χ2v) is 6.18. The van der Waals surface area contributed by atoms with E-state index in [-0.39, 0.29) is 19.1 Å². The maximum atomic E-state index is 12.0. The van der Waals surface area contributed by atoms with Crippen molar-refractivity contribution in [3.8, 4) is 11.1 Å². The molecular formula is C19H19NO4. The smallest absolute Gasteiger partial charge is 0.407 e. The molecule has 1 aliphatic carbocycles. The van der Waals surface area contributed by atoms with Crippen LogP contribution in [0, 0.1) is 0 Å². The second-order valence-electron chi connectivity index (χ2n) is 6.18. The van der Waals surface area contributed by atoms with Crippen LogP contribution >= 0.6 is 0 Å². The van der Waals surface area contributed by atoms with Crippen LogP contribution in [0.3, 0.4) is 0 Å². The van der Waals surface area contributed by atoms with Gasteiger partial charge in [0.15, 0.2) is 0 Å². The monoisotopic (exact) mass is 325 g/mol. The third kappa shape index (κ3) is 2.66. The summed E-state index contributed by atoms with van der Waals surface area (Å²) in [7, 11) is 0. The van der Waals surface area contributed by atoms with Crippen LogP contribution in [0.25, 0.3) is 11.1 Å². The molecule has 4 rings (SSSR count). The minimum atomic E-state index is -0.675. The van der Waals surface area contributed by atoms with E-state index in [1.165, 1.54) is 22.3 Å². The van der Waals surface area contributed by atoms with E-state index in [0.29, 0.717) is 6.61 Å². The van der Waals surface area contributed by atoms with Gasteiger partial charge in [-0.25, -0.2) is 4.79 Å². The number of amides is 1. The molecule has 2 unspecified atom stereocenters. The topological polar surface area (TPSA) is 67.8 Å². The van der Waals surface area contributed by atoms with Crippen molar-refractivity contribution in [1.82, 2.24) is 5.32 Å². The van der Waals surface area contributed by atoms with Crippen LogP contribution < -0.4 is 5.32 Å². The first-order valence-corrected chi connectivity index (χ1v) is 8.11. The largest absolute Gasteiger partial charge is 0.449 e. The SMILES string of the molecule is O=C(NC1COCC1O)OCC1c2ccccc2-c2ccccc21. The van der Waals surface area contributed by atoms with E-state index in [2.05, 4.69) is 29.6 Å². The van der Waals surface area contributed by atoms with Crippen molar-refractivity contribution in [3.05, 3.63) is 59.7 Å². The van der Waals surface area contributed by atoms with Crippen LogP contribution in [-0.4, -0.2) is 43.2 Å². The molecule has 5 heteroatoms. The summed E-state index contributed by atoms with van der Waals surface area (Å²) in [5.41, 5.74) is 4.75. The molecule has 0 spiro atoms. The number of alkyl carbamates (subject to hydrolysis) is 1. The molecule has 2 aliphatic rings. The fraction of sp³-hybridized carbons (Fsp3) is 0.316. The summed E-state index contributed by atoms with van der Waals surface area (Å²) in [5.74, 6) is 0.0351. The highest BCUT2D eigenvalue weighted by Crippen LogP contribution is 2.44. The Morgan fingerprint density at radius 2 is 1.71 bits per heavy atom. The van der Waals surface area contributed by atoms with Crippen molar-refractivity contribution in [2.75, 3.05) is 19.8 Å². The van der Waals surface area contributed by atoms with E-state index in [9.17, 15) is 9.90 Å². The lowest BCUT2D eigenvalue weighted by Crippen LogP contribution is -2.43. The molecule has 124 valence electrons. The number of aliphatic hydroxyl groups is 1. The number of benzene rings is 2. The molecule has 2 aromatic carbocycles. The van der Waals surface area contributed by atoms with Gasteiger partial charge in [-0.1, -0.05) is 48.5 Å². The Hall–Kier alpha value is -2.37. The van der Waals surface area contributed by atoms with Crippen molar-refractivity contribution in [3.63, 3.8) is 0 Å². The van der Waals surface area contributed by atoms with Crippen molar-refractivity contribution < 1.29 is 19.4 Å². The third-order valence-corrected chi connectivity index (χ3v) is 4.70. The number of fused-ring (bicyclic) bond motifs is 3. The summed E-state index contributed by atoms with van der Waals surface area (Å²) in [6, 6.07) is 16.0. The van der Waals surface area contributed by atoms with Gasteiger partial charge >= 0.3 is 6.09 Å². The fourth-order valence-electron chi connectivity index (χ4n) is 3.47. The highest BCUT2D eigenvalue weighted by atomic mass is 16.6. The number of rotatable bonds is 3. The highest BCUT2D eigenvalue weighted by molar-refractivity contribution is 5.79. The van der Waals surface area contributed by atoms with Crippen molar-refractivity contribution in [2.45, 2.75) is 18.1 Å². The summed E-state index contributed by atoms with van der Waals surface area (Å²) >= 11 is 0. The standard InChI is InChI=1S/C19H19NO4/c21-18-11-23-10-17(18)20-19(22)24-9-16-14-7-3-1-5-12(14)13-6-2-4-8-15(13)16/h1-8,16-18,21H,9-11H2,(H,20,22). The number of hydrogen-bond acceptors (Lipinski definition) is 4. The molecule has 5 nitrogen and oxygen atoms in total. The Morgan fingerprint density at radius 3 is 2.29 bits per heavy atom. The van der Waals surface area contributed by atoms with Crippen LogP contribution in [0.2, 0.25) is 0 Å². The van der Waals surface area contributed by atoms with E-state index >= 15 is 0 Å². The zero-order chi connectivity index (χ0) is 16.5. The van der Waals surface area contributed by atoms with Crippen molar-refractivity contribution in [2.24, 2.45) is 0 Å². The van der Waals surface area contributed by atoms with Crippen LogP contribution in [0.4, 0.5) is 4.79 Å². The Morgan fingerprint density at radius 1 is 1.08 bits per heavy atom. The van der Waals surface area contributed by atoms with Crippen LogP contribution in [0.15, 0.2) is 48.5 Å². The normalized spacial score (nSPS) is 22.0. The lowest BCUT2D eigenvalue weighted by Gasteiger charge is -2.17. The lowest BCUT2D eigenvalue weighted by atomic mass is 9.98. The van der Waals surface area contributed by atoms with Gasteiger partial charge < -0.3 is 19.9 Å². The zero-order valence-corrected chi connectivity index (χ0v) is 13.1. The van der Waals surface area contributed by atoms with Gasteiger partial charge in [0, 0.05) is 5.92 Å². The van der Waals surface area contributed by atoms with Gasteiger partial charge in [0.05, 0.1) is 25.4 Å². The predicted octanol–water partition coefficient (Wildman–Crippen LogP) is 2.28. The minimum Gasteiger partial charge on any atom is -0.449 e. The third-order valence-electron chi connectivity index (χ3n) is 4.70. The molecule has 1 aliphatic heterocycles. The van der Waals surface area contributed by atoms with E-state index < -0.39 is 18.2 Å². The maximum Gasteiger partial charge on any atom is 0.407 e. The van der Waals surface area contributed by atoms with Gasteiger partial charge in [0.25, 0.3) is 0 Å². The van der Waals surface area contributed by atoms with Crippen LogP contribution in [0.1, 0.15) is 17.0 Å². The Labute approximate surface area is 140 Å². The van der Waals surface area contributed by atoms with E-state index in [1.807, 2.05) is 24.3 Å². The zero-order valence-electron chi connectivity index (χ0n) is 13.1. The molecule has 1 fully saturated rings. The summed E-state index contributed by atoms with van der Waals surface area (Å²) in [6.45, 7) is 0.823. The first-order valence-electron chi connectivity index (χ1n) is 8.11. The van der Waals surface area contributed by atoms with E-state index in [1.54, 1.807) is 0 Å². The quantitative estimate of drug-likeness (QED) is 0.908. The average Bonchev–Trinajstić information content (AvgIpc) is 3.15. The van der Waals surface area contributed by atoms with Gasteiger partial charge in [-0.15, -0.1) is 0 Å². The maximum absolute atomic E-state index is 12.0. The molecule has 0 saturated carbocycles. The number of nitrogens with one attached hydrogen (secondary N) is 1. The van der Waals surface area contributed by atoms with Crippen LogP contribution in [0.5, 0.6) is 0 Å². The van der Waals surface area contributed by atoms with Gasteiger partial charge in [0.2, 0.25) is 0 Å². The summed E-state index contributed by atoms with van der Waals surface area (Å²) in [6.07, 6.45) is -1.20. The number of carbonyl (C=O) groups is 1. The summed E-state index contributed by atoms with van der Waals surface area (Å²) < 4.78 is 10.6. The first kappa shape index (κ1) is 15.2. The number of hydrogen-bond donors (Lipinski definition) is 2. The Bertz CT molecular complexity index is 715.